The minimum atomic E-state index is -5.08. The van der Waals surface area contributed by atoms with Gasteiger partial charge in [0, 0.05) is 37.9 Å². The lowest BCUT2D eigenvalue weighted by Crippen LogP contribution is -2.40. The highest BCUT2D eigenvalue weighted by Crippen LogP contribution is 2.26. The van der Waals surface area contributed by atoms with Crippen molar-refractivity contribution in [2.24, 2.45) is 0 Å². The quantitative estimate of drug-likeness (QED) is 0.772. The van der Waals surface area contributed by atoms with Gasteiger partial charge in [0.1, 0.15) is 11.6 Å². The number of rotatable bonds is 4. The Labute approximate surface area is 177 Å². The second-order valence-corrected chi connectivity index (χ2v) is 7.32. The highest BCUT2D eigenvalue weighted by atomic mass is 19.4. The van der Waals surface area contributed by atoms with Gasteiger partial charge in [-0.3, -0.25) is 4.90 Å². The molecule has 2 fully saturated rings. The van der Waals surface area contributed by atoms with E-state index in [1.807, 2.05) is 18.3 Å². The van der Waals surface area contributed by atoms with Crippen LogP contribution in [-0.4, -0.2) is 65.0 Å². The summed E-state index contributed by atoms with van der Waals surface area (Å²) in [7, 11) is 0. The van der Waals surface area contributed by atoms with Crippen LogP contribution in [0.25, 0.3) is 0 Å². The van der Waals surface area contributed by atoms with Crippen molar-refractivity contribution >= 4 is 11.8 Å². The zero-order valence-corrected chi connectivity index (χ0v) is 16.9. The third-order valence-electron chi connectivity index (χ3n) is 5.09. The van der Waals surface area contributed by atoms with Gasteiger partial charge in [-0.1, -0.05) is 0 Å². The average molecular weight is 442 g/mol. The lowest BCUT2D eigenvalue weighted by Gasteiger charge is -2.35. The van der Waals surface area contributed by atoms with E-state index in [1.165, 1.54) is 24.8 Å². The Balaban J connectivity index is 0.000000339. The van der Waals surface area contributed by atoms with Crippen LogP contribution < -0.4 is 4.90 Å². The van der Waals surface area contributed by atoms with E-state index < -0.39 is 12.1 Å². The Morgan fingerprint density at radius 1 is 1.19 bits per heavy atom. The van der Waals surface area contributed by atoms with E-state index in [1.54, 1.807) is 12.5 Å². The summed E-state index contributed by atoms with van der Waals surface area (Å²) in [5, 5.41) is 7.12. The Morgan fingerprint density at radius 3 is 2.58 bits per heavy atom. The smallest absolute Gasteiger partial charge is 0.475 e. The van der Waals surface area contributed by atoms with E-state index in [4.69, 9.17) is 24.0 Å². The van der Waals surface area contributed by atoms with E-state index in [9.17, 15) is 13.2 Å². The van der Waals surface area contributed by atoms with Crippen LogP contribution in [-0.2, 0) is 16.1 Å². The number of morpholine rings is 1. The first-order valence-corrected chi connectivity index (χ1v) is 10.1. The maximum atomic E-state index is 10.6. The molecule has 0 bridgehead atoms. The number of halogens is 3. The van der Waals surface area contributed by atoms with Crippen molar-refractivity contribution < 1.29 is 32.2 Å². The molecule has 0 aliphatic carbocycles. The van der Waals surface area contributed by atoms with E-state index in [0.717, 1.165) is 44.4 Å². The molecule has 8 nitrogen and oxygen atoms in total. The first-order chi connectivity index (χ1) is 14.8. The van der Waals surface area contributed by atoms with Crippen LogP contribution in [0.3, 0.4) is 0 Å². The highest BCUT2D eigenvalue weighted by Gasteiger charge is 2.38. The molecule has 0 saturated carbocycles. The molecule has 0 aromatic carbocycles. The van der Waals surface area contributed by atoms with Crippen molar-refractivity contribution in [3.8, 4) is 0 Å². The van der Waals surface area contributed by atoms with Gasteiger partial charge >= 0.3 is 12.1 Å². The zero-order valence-electron chi connectivity index (χ0n) is 16.9. The number of carbonyl (C=O) groups is 1. The fourth-order valence-corrected chi connectivity index (χ4v) is 3.51. The molecule has 0 radical (unpaired) electrons. The number of aliphatic carboxylic acids is 1. The van der Waals surface area contributed by atoms with Gasteiger partial charge in [-0.25, -0.2) is 14.8 Å². The van der Waals surface area contributed by atoms with Crippen LogP contribution in [0.1, 0.15) is 36.7 Å². The molecule has 4 rings (SSSR count). The number of furan rings is 1. The van der Waals surface area contributed by atoms with Crippen molar-refractivity contribution in [3.05, 3.63) is 42.2 Å². The first kappa shape index (κ1) is 23.0. The molecule has 2 aliphatic rings. The molecule has 2 aromatic rings. The predicted octanol–water partition coefficient (Wildman–Crippen LogP) is 3.27. The van der Waals surface area contributed by atoms with Crippen molar-refractivity contribution in [1.29, 1.82) is 0 Å². The number of carboxylic acids is 1. The molecule has 11 heteroatoms. The van der Waals surface area contributed by atoms with Crippen LogP contribution >= 0.6 is 0 Å². The van der Waals surface area contributed by atoms with Gasteiger partial charge in [0.05, 0.1) is 31.8 Å². The minimum Gasteiger partial charge on any atom is -0.475 e. The number of anilines is 1. The summed E-state index contributed by atoms with van der Waals surface area (Å²) in [6.07, 6.45) is 4.15. The van der Waals surface area contributed by atoms with Gasteiger partial charge in [-0.15, -0.1) is 0 Å². The van der Waals surface area contributed by atoms with Gasteiger partial charge in [0.2, 0.25) is 0 Å². The third-order valence-corrected chi connectivity index (χ3v) is 5.09. The van der Waals surface area contributed by atoms with Gasteiger partial charge in [-0.2, -0.15) is 13.2 Å². The molecule has 170 valence electrons. The standard InChI is InChI=1S/C18H24N4O2.C2HF3O2/c1-2-7-21(8-3-1)17-4-6-19-18(20-17)16-14-24-11-9-22(16)12-15-5-10-23-13-15;3-2(4,5)1(6)7/h4-6,10,13,16H,1-3,7-9,11-12,14H2;(H,6,7). The van der Waals surface area contributed by atoms with Crippen LogP contribution in [0.4, 0.5) is 19.0 Å². The van der Waals surface area contributed by atoms with Gasteiger partial charge in [0.25, 0.3) is 0 Å². The molecule has 1 atom stereocenters. The van der Waals surface area contributed by atoms with Crippen molar-refractivity contribution in [1.82, 2.24) is 14.9 Å². The van der Waals surface area contributed by atoms with E-state index in [-0.39, 0.29) is 6.04 Å². The maximum absolute atomic E-state index is 10.6. The lowest BCUT2D eigenvalue weighted by molar-refractivity contribution is -0.192. The van der Waals surface area contributed by atoms with E-state index in [0.29, 0.717) is 6.61 Å². The molecule has 1 unspecified atom stereocenters. The number of piperidine rings is 1. The Morgan fingerprint density at radius 2 is 1.94 bits per heavy atom. The molecule has 4 heterocycles. The van der Waals surface area contributed by atoms with Crippen molar-refractivity contribution in [2.75, 3.05) is 37.7 Å². The highest BCUT2D eigenvalue weighted by molar-refractivity contribution is 5.73. The van der Waals surface area contributed by atoms with Gasteiger partial charge in [-0.05, 0) is 31.4 Å². The summed E-state index contributed by atoms with van der Waals surface area (Å²) >= 11 is 0. The van der Waals surface area contributed by atoms with Gasteiger partial charge < -0.3 is 19.2 Å². The number of hydrogen-bond donors (Lipinski definition) is 1. The van der Waals surface area contributed by atoms with Gasteiger partial charge in [0.15, 0.2) is 0 Å². The van der Waals surface area contributed by atoms with Crippen molar-refractivity contribution in [3.63, 3.8) is 0 Å². The number of alkyl halides is 3. The zero-order chi connectivity index (χ0) is 22.3. The minimum absolute atomic E-state index is 0.0957. The Hall–Kier alpha value is -2.66. The van der Waals surface area contributed by atoms with Crippen LogP contribution in [0.2, 0.25) is 0 Å². The molecule has 31 heavy (non-hydrogen) atoms. The Bertz CT molecular complexity index is 826. The van der Waals surface area contributed by atoms with Crippen molar-refractivity contribution in [2.45, 2.75) is 38.0 Å². The molecular weight excluding hydrogens is 417 g/mol. The average Bonchev–Trinajstić information content (AvgIpc) is 3.28. The summed E-state index contributed by atoms with van der Waals surface area (Å²) in [6, 6.07) is 4.13. The lowest BCUT2D eigenvalue weighted by atomic mass is 10.1. The molecule has 2 aliphatic heterocycles. The normalized spacial score (nSPS) is 20.1. The molecule has 2 aromatic heterocycles. The van der Waals surface area contributed by atoms with E-state index in [2.05, 4.69) is 14.8 Å². The topological polar surface area (TPSA) is 91.9 Å². The predicted molar refractivity (Wildman–Crippen MR) is 104 cm³/mol. The van der Waals surface area contributed by atoms with Crippen LogP contribution in [0, 0.1) is 0 Å². The van der Waals surface area contributed by atoms with Crippen LogP contribution in [0.5, 0.6) is 0 Å². The third kappa shape index (κ3) is 6.66. The molecular formula is C20H25F3N4O4. The molecule has 1 N–H and O–H groups in total. The second kappa shape index (κ2) is 10.6. The monoisotopic (exact) mass is 442 g/mol. The molecule has 0 spiro atoms. The summed E-state index contributed by atoms with van der Waals surface area (Å²) in [5.41, 5.74) is 1.18. The van der Waals surface area contributed by atoms with Crippen LogP contribution in [0.15, 0.2) is 35.3 Å². The van der Waals surface area contributed by atoms with E-state index >= 15 is 0 Å². The SMILES string of the molecule is O=C(O)C(F)(F)F.c1cc(N2CCCCC2)nc(C2COCCN2Cc2ccoc2)n1. The summed E-state index contributed by atoms with van der Waals surface area (Å²) in [5.74, 6) is -0.845. The number of nitrogens with zero attached hydrogens (tertiary/aromatic N) is 4. The number of ether oxygens (including phenoxy) is 1. The summed E-state index contributed by atoms with van der Waals surface area (Å²) in [4.78, 5) is 23.1. The second-order valence-electron chi connectivity index (χ2n) is 7.32. The maximum Gasteiger partial charge on any atom is 0.490 e. The first-order valence-electron chi connectivity index (χ1n) is 10.1. The number of aromatic nitrogens is 2. The summed E-state index contributed by atoms with van der Waals surface area (Å²) in [6.45, 7) is 5.29. The fourth-order valence-electron chi connectivity index (χ4n) is 3.51. The molecule has 0 amide bonds. The number of hydrogen-bond acceptors (Lipinski definition) is 7. The Kier molecular flexibility index (Phi) is 7.85. The number of carboxylic acid groups (broad SMARTS) is 1. The summed E-state index contributed by atoms with van der Waals surface area (Å²) < 4.78 is 42.6. The molecule has 2 saturated heterocycles. The fraction of sp³-hybridized carbons (Fsp3) is 0.550. The largest absolute Gasteiger partial charge is 0.490 e.